The maximum absolute atomic E-state index is 13.3. The Balaban J connectivity index is 2.12. The SMILES string of the molecule is O=C1OCC(c2ccc(F)c(F)c2)N1CC=CCCBr. The molecule has 1 heterocycles. The average molecular weight is 346 g/mol. The van der Waals surface area contributed by atoms with E-state index in [1.54, 1.807) is 0 Å². The summed E-state index contributed by atoms with van der Waals surface area (Å²) in [7, 11) is 0. The minimum atomic E-state index is -0.920. The Morgan fingerprint density at radius 3 is 2.85 bits per heavy atom. The third-order valence-electron chi connectivity index (χ3n) is 3.05. The van der Waals surface area contributed by atoms with Crippen molar-refractivity contribution in [2.24, 2.45) is 0 Å². The molecule has 1 unspecified atom stereocenters. The van der Waals surface area contributed by atoms with E-state index >= 15 is 0 Å². The van der Waals surface area contributed by atoms with Gasteiger partial charge in [0.2, 0.25) is 0 Å². The predicted molar refractivity (Wildman–Crippen MR) is 74.7 cm³/mol. The second kappa shape index (κ2) is 6.83. The van der Waals surface area contributed by atoms with Crippen molar-refractivity contribution in [1.29, 1.82) is 0 Å². The Morgan fingerprint density at radius 1 is 1.35 bits per heavy atom. The number of carbonyl (C=O) groups excluding carboxylic acids is 1. The number of amides is 1. The van der Waals surface area contributed by atoms with E-state index in [0.29, 0.717) is 12.1 Å². The van der Waals surface area contributed by atoms with Crippen molar-refractivity contribution in [3.63, 3.8) is 0 Å². The van der Waals surface area contributed by atoms with E-state index in [1.807, 2.05) is 12.2 Å². The highest BCUT2D eigenvalue weighted by molar-refractivity contribution is 9.09. The van der Waals surface area contributed by atoms with Gasteiger partial charge in [-0.2, -0.15) is 0 Å². The predicted octanol–water partition coefficient (Wildman–Crippen LogP) is 3.80. The molecule has 3 nitrogen and oxygen atoms in total. The first-order chi connectivity index (χ1) is 9.63. The van der Waals surface area contributed by atoms with Crippen LogP contribution in [0.25, 0.3) is 0 Å². The molecule has 0 N–H and O–H groups in total. The van der Waals surface area contributed by atoms with Crippen LogP contribution in [-0.4, -0.2) is 29.5 Å². The van der Waals surface area contributed by atoms with Gasteiger partial charge in [-0.25, -0.2) is 13.6 Å². The van der Waals surface area contributed by atoms with Gasteiger partial charge in [-0.3, -0.25) is 4.90 Å². The summed E-state index contributed by atoms with van der Waals surface area (Å²) in [6, 6.07) is 3.26. The summed E-state index contributed by atoms with van der Waals surface area (Å²) in [5, 5.41) is 0.848. The summed E-state index contributed by atoms with van der Waals surface area (Å²) in [4.78, 5) is 13.2. The molecule has 1 saturated heterocycles. The summed E-state index contributed by atoms with van der Waals surface area (Å²) >= 11 is 3.30. The number of hydrogen-bond acceptors (Lipinski definition) is 2. The fourth-order valence-electron chi connectivity index (χ4n) is 2.02. The quantitative estimate of drug-likeness (QED) is 0.600. The van der Waals surface area contributed by atoms with Crippen LogP contribution in [0.1, 0.15) is 18.0 Å². The minimum absolute atomic E-state index is 0.149. The molecule has 0 bridgehead atoms. The molecule has 1 aromatic rings. The lowest BCUT2D eigenvalue weighted by molar-refractivity contribution is 0.160. The fraction of sp³-hybridized carbons (Fsp3) is 0.357. The molecule has 1 atom stereocenters. The monoisotopic (exact) mass is 345 g/mol. The number of halogens is 3. The molecule has 0 aliphatic carbocycles. The molecule has 1 amide bonds. The standard InChI is InChI=1S/C14H14BrF2NO2/c15-6-2-1-3-7-18-13(9-20-14(18)19)10-4-5-11(16)12(17)8-10/h1,3-5,8,13H,2,6-7,9H2. The zero-order valence-corrected chi connectivity index (χ0v) is 12.3. The van der Waals surface area contributed by atoms with Crippen molar-refractivity contribution in [1.82, 2.24) is 4.90 Å². The summed E-state index contributed by atoms with van der Waals surface area (Å²) in [6.07, 6.45) is 4.23. The van der Waals surface area contributed by atoms with Crippen molar-refractivity contribution in [2.45, 2.75) is 12.5 Å². The number of nitrogens with zero attached hydrogens (tertiary/aromatic N) is 1. The third-order valence-corrected chi connectivity index (χ3v) is 3.51. The second-order valence-electron chi connectivity index (χ2n) is 4.37. The van der Waals surface area contributed by atoms with E-state index in [-0.39, 0.29) is 12.6 Å². The smallest absolute Gasteiger partial charge is 0.410 e. The van der Waals surface area contributed by atoms with Crippen LogP contribution in [0.5, 0.6) is 0 Å². The van der Waals surface area contributed by atoms with Gasteiger partial charge in [0, 0.05) is 11.9 Å². The number of hydrogen-bond donors (Lipinski definition) is 0. The zero-order valence-electron chi connectivity index (χ0n) is 10.7. The summed E-state index contributed by atoms with van der Waals surface area (Å²) in [6.45, 7) is 0.533. The zero-order chi connectivity index (χ0) is 14.5. The van der Waals surface area contributed by atoms with Crippen LogP contribution >= 0.6 is 15.9 Å². The number of rotatable bonds is 5. The van der Waals surface area contributed by atoms with Crippen LogP contribution in [0.3, 0.4) is 0 Å². The molecule has 1 aliphatic rings. The lowest BCUT2D eigenvalue weighted by Crippen LogP contribution is -2.27. The van der Waals surface area contributed by atoms with Crippen LogP contribution < -0.4 is 0 Å². The molecular weight excluding hydrogens is 332 g/mol. The van der Waals surface area contributed by atoms with Crippen LogP contribution in [0.2, 0.25) is 0 Å². The molecule has 108 valence electrons. The highest BCUT2D eigenvalue weighted by Crippen LogP contribution is 2.28. The van der Waals surface area contributed by atoms with Crippen molar-refractivity contribution in [2.75, 3.05) is 18.5 Å². The molecular formula is C14H14BrF2NO2. The van der Waals surface area contributed by atoms with Gasteiger partial charge in [0.1, 0.15) is 6.61 Å². The first kappa shape index (κ1) is 15.0. The van der Waals surface area contributed by atoms with Gasteiger partial charge in [-0.15, -0.1) is 0 Å². The highest BCUT2D eigenvalue weighted by atomic mass is 79.9. The highest BCUT2D eigenvalue weighted by Gasteiger charge is 2.33. The summed E-state index contributed by atoms with van der Waals surface area (Å²) < 4.78 is 31.2. The fourth-order valence-corrected chi connectivity index (χ4v) is 2.28. The topological polar surface area (TPSA) is 29.5 Å². The van der Waals surface area contributed by atoms with E-state index in [1.165, 1.54) is 11.0 Å². The molecule has 0 aromatic heterocycles. The van der Waals surface area contributed by atoms with Gasteiger partial charge in [0.25, 0.3) is 0 Å². The Bertz CT molecular complexity index is 522. The van der Waals surface area contributed by atoms with Crippen LogP contribution in [0, 0.1) is 11.6 Å². The Hall–Kier alpha value is -1.43. The van der Waals surface area contributed by atoms with Crippen molar-refractivity contribution in [3.05, 3.63) is 47.5 Å². The lowest BCUT2D eigenvalue weighted by atomic mass is 10.1. The second-order valence-corrected chi connectivity index (χ2v) is 5.16. The van der Waals surface area contributed by atoms with Crippen molar-refractivity contribution >= 4 is 22.0 Å². The largest absolute Gasteiger partial charge is 0.447 e. The number of benzene rings is 1. The number of alkyl halides is 1. The molecule has 0 spiro atoms. The first-order valence-corrected chi connectivity index (χ1v) is 7.35. The molecule has 6 heteroatoms. The number of ether oxygens (including phenoxy) is 1. The normalized spacial score (nSPS) is 18.9. The number of cyclic esters (lactones) is 1. The van der Waals surface area contributed by atoms with Crippen LogP contribution in [0.15, 0.2) is 30.4 Å². The van der Waals surface area contributed by atoms with Gasteiger partial charge >= 0.3 is 6.09 Å². The Kier molecular flexibility index (Phi) is 5.11. The summed E-state index contributed by atoms with van der Waals surface area (Å²) in [5.41, 5.74) is 0.531. The maximum atomic E-state index is 13.3. The minimum Gasteiger partial charge on any atom is -0.447 e. The molecule has 1 fully saturated rings. The molecule has 20 heavy (non-hydrogen) atoms. The number of carbonyl (C=O) groups is 1. The molecule has 1 aliphatic heterocycles. The van der Waals surface area contributed by atoms with Crippen LogP contribution in [-0.2, 0) is 4.74 Å². The molecule has 1 aromatic carbocycles. The van der Waals surface area contributed by atoms with Crippen molar-refractivity contribution < 1.29 is 18.3 Å². The first-order valence-electron chi connectivity index (χ1n) is 6.22. The Labute approximate surface area is 124 Å². The van der Waals surface area contributed by atoms with E-state index < -0.39 is 17.7 Å². The van der Waals surface area contributed by atoms with Gasteiger partial charge in [0.05, 0.1) is 6.04 Å². The van der Waals surface area contributed by atoms with E-state index in [4.69, 9.17) is 4.74 Å². The van der Waals surface area contributed by atoms with Crippen molar-refractivity contribution in [3.8, 4) is 0 Å². The third kappa shape index (κ3) is 3.36. The van der Waals surface area contributed by atoms with Gasteiger partial charge < -0.3 is 4.74 Å². The number of allylic oxidation sites excluding steroid dienone is 1. The Morgan fingerprint density at radius 2 is 2.15 bits per heavy atom. The van der Waals surface area contributed by atoms with E-state index in [0.717, 1.165) is 23.9 Å². The van der Waals surface area contributed by atoms with E-state index in [2.05, 4.69) is 15.9 Å². The summed E-state index contributed by atoms with van der Waals surface area (Å²) in [5.74, 6) is -1.82. The van der Waals surface area contributed by atoms with Gasteiger partial charge in [-0.1, -0.05) is 34.1 Å². The van der Waals surface area contributed by atoms with Crippen LogP contribution in [0.4, 0.5) is 13.6 Å². The molecule has 0 radical (unpaired) electrons. The lowest BCUT2D eigenvalue weighted by Gasteiger charge is -2.20. The van der Waals surface area contributed by atoms with Gasteiger partial charge in [0.15, 0.2) is 11.6 Å². The van der Waals surface area contributed by atoms with E-state index in [9.17, 15) is 13.6 Å². The maximum Gasteiger partial charge on any atom is 0.410 e. The van der Waals surface area contributed by atoms with Gasteiger partial charge in [-0.05, 0) is 24.1 Å². The molecule has 0 saturated carbocycles. The molecule has 2 rings (SSSR count). The average Bonchev–Trinajstić information content (AvgIpc) is 2.79.